The minimum Gasteiger partial charge on any atom is -0.469 e. The molecule has 0 bridgehead atoms. The van der Waals surface area contributed by atoms with Gasteiger partial charge in [0.25, 0.3) is 0 Å². The van der Waals surface area contributed by atoms with E-state index in [-0.39, 0.29) is 11.4 Å². The topological polar surface area (TPSA) is 26.3 Å². The lowest BCUT2D eigenvalue weighted by atomic mass is 9.79. The zero-order valence-corrected chi connectivity index (χ0v) is 10.9. The van der Waals surface area contributed by atoms with E-state index in [1.165, 1.54) is 25.5 Å². The van der Waals surface area contributed by atoms with Gasteiger partial charge in [-0.2, -0.15) is 0 Å². The summed E-state index contributed by atoms with van der Waals surface area (Å²) >= 11 is 0. The number of methoxy groups -OCH3 is 1. The third kappa shape index (κ3) is 1.75. The van der Waals surface area contributed by atoms with Gasteiger partial charge in [0.2, 0.25) is 0 Å². The van der Waals surface area contributed by atoms with E-state index in [1.54, 1.807) is 0 Å². The van der Waals surface area contributed by atoms with Crippen LogP contribution in [0.3, 0.4) is 0 Å². The van der Waals surface area contributed by atoms with Crippen LogP contribution in [0, 0.1) is 11.3 Å². The highest BCUT2D eigenvalue weighted by Gasteiger charge is 2.58. The Balaban J connectivity index is 1.81. The average Bonchev–Trinajstić information content (AvgIpc) is 3.09. The Morgan fingerprint density at radius 1 is 1.22 bits per heavy atom. The zero-order valence-electron chi connectivity index (χ0n) is 10.9. The van der Waals surface area contributed by atoms with E-state index < -0.39 is 0 Å². The van der Waals surface area contributed by atoms with E-state index in [0.29, 0.717) is 11.8 Å². The second kappa shape index (κ2) is 4.42. The predicted octanol–water partition coefficient (Wildman–Crippen LogP) is 3.52. The van der Waals surface area contributed by atoms with E-state index >= 15 is 0 Å². The number of hydrogen-bond donors (Lipinski definition) is 0. The van der Waals surface area contributed by atoms with Crippen molar-refractivity contribution < 1.29 is 9.53 Å². The Kier molecular flexibility index (Phi) is 2.89. The highest BCUT2D eigenvalue weighted by molar-refractivity contribution is 5.78. The molecule has 2 saturated carbocycles. The minimum atomic E-state index is -0.171. The van der Waals surface area contributed by atoms with Crippen molar-refractivity contribution in [1.29, 1.82) is 0 Å². The molecular formula is C16H20O2. The quantitative estimate of drug-likeness (QED) is 0.760. The molecule has 2 aliphatic carbocycles. The largest absolute Gasteiger partial charge is 0.469 e. The fourth-order valence-corrected chi connectivity index (χ4v) is 3.81. The lowest BCUT2D eigenvalue weighted by molar-refractivity contribution is -0.154. The molecule has 1 aromatic carbocycles. The van der Waals surface area contributed by atoms with Gasteiger partial charge in [0.1, 0.15) is 0 Å². The van der Waals surface area contributed by atoms with E-state index in [0.717, 1.165) is 19.3 Å². The van der Waals surface area contributed by atoms with Crippen LogP contribution in [0.1, 0.15) is 43.6 Å². The summed E-state index contributed by atoms with van der Waals surface area (Å²) in [6, 6.07) is 10.6. The summed E-state index contributed by atoms with van der Waals surface area (Å²) in [5.74, 6) is 1.11. The molecule has 0 heterocycles. The monoisotopic (exact) mass is 244 g/mol. The van der Waals surface area contributed by atoms with Crippen molar-refractivity contribution in [2.24, 2.45) is 11.3 Å². The molecule has 18 heavy (non-hydrogen) atoms. The molecular weight excluding hydrogens is 224 g/mol. The molecule has 2 fully saturated rings. The van der Waals surface area contributed by atoms with Gasteiger partial charge in [0, 0.05) is 0 Å². The Morgan fingerprint density at radius 3 is 2.50 bits per heavy atom. The maximum absolute atomic E-state index is 12.2. The molecule has 0 radical (unpaired) electrons. The first-order valence-electron chi connectivity index (χ1n) is 6.91. The van der Waals surface area contributed by atoms with E-state index in [9.17, 15) is 4.79 Å². The summed E-state index contributed by atoms with van der Waals surface area (Å²) in [4.78, 5) is 12.2. The SMILES string of the molecule is COC(=O)C1(C2CC2c2ccccc2)CCCC1. The van der Waals surface area contributed by atoms with Crippen LogP contribution in [0.2, 0.25) is 0 Å². The number of ether oxygens (including phenoxy) is 1. The van der Waals surface area contributed by atoms with Gasteiger partial charge in [0.15, 0.2) is 0 Å². The van der Waals surface area contributed by atoms with Crippen LogP contribution < -0.4 is 0 Å². The number of hydrogen-bond acceptors (Lipinski definition) is 2. The molecule has 96 valence electrons. The summed E-state index contributed by atoms with van der Waals surface area (Å²) in [6.07, 6.45) is 5.54. The summed E-state index contributed by atoms with van der Waals surface area (Å²) in [6.45, 7) is 0. The summed E-state index contributed by atoms with van der Waals surface area (Å²) < 4.78 is 5.08. The predicted molar refractivity (Wildman–Crippen MR) is 70.2 cm³/mol. The van der Waals surface area contributed by atoms with Crippen LogP contribution >= 0.6 is 0 Å². The van der Waals surface area contributed by atoms with E-state index in [4.69, 9.17) is 4.74 Å². The smallest absolute Gasteiger partial charge is 0.312 e. The third-order valence-corrected chi connectivity index (χ3v) is 4.82. The van der Waals surface area contributed by atoms with Crippen LogP contribution in [-0.2, 0) is 9.53 Å². The molecule has 1 aromatic rings. The molecule has 2 unspecified atom stereocenters. The number of benzene rings is 1. The van der Waals surface area contributed by atoms with Crippen LogP contribution in [0.25, 0.3) is 0 Å². The third-order valence-electron chi connectivity index (χ3n) is 4.82. The maximum atomic E-state index is 12.2. The van der Waals surface area contributed by atoms with Crippen molar-refractivity contribution in [3.8, 4) is 0 Å². The molecule has 0 amide bonds. The van der Waals surface area contributed by atoms with Crippen molar-refractivity contribution in [2.75, 3.05) is 7.11 Å². The van der Waals surface area contributed by atoms with Gasteiger partial charge in [0.05, 0.1) is 12.5 Å². The number of carbonyl (C=O) groups is 1. The zero-order chi connectivity index (χ0) is 12.6. The van der Waals surface area contributed by atoms with Crippen molar-refractivity contribution >= 4 is 5.97 Å². The van der Waals surface area contributed by atoms with Gasteiger partial charge in [-0.1, -0.05) is 43.2 Å². The standard InChI is InChI=1S/C16H20O2/c1-18-15(17)16(9-5-6-10-16)14-11-13(14)12-7-3-2-4-8-12/h2-4,7-8,13-14H,5-6,9-11H2,1H3. The molecule has 2 atom stereocenters. The highest BCUT2D eigenvalue weighted by atomic mass is 16.5. The summed E-state index contributed by atoms with van der Waals surface area (Å²) in [7, 11) is 1.53. The first-order chi connectivity index (χ1) is 8.78. The molecule has 0 N–H and O–H groups in total. The summed E-state index contributed by atoms with van der Waals surface area (Å²) in [5.41, 5.74) is 1.22. The molecule has 2 nitrogen and oxygen atoms in total. The van der Waals surface area contributed by atoms with Crippen molar-refractivity contribution in [1.82, 2.24) is 0 Å². The molecule has 3 rings (SSSR count). The second-order valence-electron chi connectivity index (χ2n) is 5.71. The Hall–Kier alpha value is -1.31. The van der Waals surface area contributed by atoms with Gasteiger partial charge in [-0.3, -0.25) is 4.79 Å². The molecule has 0 saturated heterocycles. The number of carbonyl (C=O) groups excluding carboxylic acids is 1. The van der Waals surface area contributed by atoms with Gasteiger partial charge in [-0.25, -0.2) is 0 Å². The minimum absolute atomic E-state index is 0.0310. The van der Waals surface area contributed by atoms with Crippen LogP contribution in [0.4, 0.5) is 0 Å². The first-order valence-corrected chi connectivity index (χ1v) is 6.91. The fourth-order valence-electron chi connectivity index (χ4n) is 3.81. The first kappa shape index (κ1) is 11.8. The highest BCUT2D eigenvalue weighted by Crippen LogP contribution is 2.62. The van der Waals surface area contributed by atoms with Crippen LogP contribution in [-0.4, -0.2) is 13.1 Å². The molecule has 0 aromatic heterocycles. The Labute approximate surface area is 108 Å². The molecule has 0 aliphatic heterocycles. The van der Waals surface area contributed by atoms with E-state index in [2.05, 4.69) is 24.3 Å². The van der Waals surface area contributed by atoms with Crippen LogP contribution in [0.15, 0.2) is 30.3 Å². The van der Waals surface area contributed by atoms with Crippen molar-refractivity contribution in [2.45, 2.75) is 38.0 Å². The Bertz CT molecular complexity index is 432. The van der Waals surface area contributed by atoms with Gasteiger partial charge in [-0.15, -0.1) is 0 Å². The Morgan fingerprint density at radius 2 is 1.89 bits per heavy atom. The lowest BCUT2D eigenvalue weighted by Gasteiger charge is -2.26. The summed E-state index contributed by atoms with van der Waals surface area (Å²) in [5, 5.41) is 0. The van der Waals surface area contributed by atoms with Crippen molar-refractivity contribution in [3.63, 3.8) is 0 Å². The number of esters is 1. The average molecular weight is 244 g/mol. The van der Waals surface area contributed by atoms with Gasteiger partial charge < -0.3 is 4.74 Å². The molecule has 2 aliphatic rings. The molecule has 2 heteroatoms. The fraction of sp³-hybridized carbons (Fsp3) is 0.562. The molecule has 0 spiro atoms. The number of rotatable bonds is 3. The lowest BCUT2D eigenvalue weighted by Crippen LogP contribution is -2.32. The van der Waals surface area contributed by atoms with Crippen molar-refractivity contribution in [3.05, 3.63) is 35.9 Å². The second-order valence-corrected chi connectivity index (χ2v) is 5.71. The van der Waals surface area contributed by atoms with Crippen LogP contribution in [0.5, 0.6) is 0 Å². The van der Waals surface area contributed by atoms with Gasteiger partial charge in [-0.05, 0) is 36.7 Å². The van der Waals surface area contributed by atoms with E-state index in [1.807, 2.05) is 6.07 Å². The normalized spacial score (nSPS) is 28.9. The van der Waals surface area contributed by atoms with Gasteiger partial charge >= 0.3 is 5.97 Å². The maximum Gasteiger partial charge on any atom is 0.312 e.